The number of phenols is 1. The highest BCUT2D eigenvalue weighted by atomic mass is 16.3. The molecule has 1 nitrogen and oxygen atoms in total. The zero-order valence-corrected chi connectivity index (χ0v) is 10.7. The third kappa shape index (κ3) is 4.26. The van der Waals surface area contributed by atoms with Crippen LogP contribution in [0.1, 0.15) is 45.6 Å². The van der Waals surface area contributed by atoms with Gasteiger partial charge < -0.3 is 5.11 Å². The number of hydrogen-bond acceptors (Lipinski definition) is 1. The van der Waals surface area contributed by atoms with Crippen molar-refractivity contribution in [3.8, 4) is 5.75 Å². The van der Waals surface area contributed by atoms with Gasteiger partial charge in [-0.3, -0.25) is 0 Å². The van der Waals surface area contributed by atoms with Crippen LogP contribution in [0.15, 0.2) is 24.3 Å². The van der Waals surface area contributed by atoms with E-state index in [0.29, 0.717) is 5.75 Å². The molecule has 0 aliphatic rings. The molecular formula is C15H24O. The Morgan fingerprint density at radius 2 is 1.56 bits per heavy atom. The van der Waals surface area contributed by atoms with Crippen molar-refractivity contribution in [2.45, 2.75) is 46.5 Å². The van der Waals surface area contributed by atoms with E-state index in [1.54, 1.807) is 12.1 Å². The zero-order chi connectivity index (χ0) is 12.0. The monoisotopic (exact) mass is 220 g/mol. The fourth-order valence-electron chi connectivity index (χ4n) is 2.08. The van der Waals surface area contributed by atoms with Crippen molar-refractivity contribution < 1.29 is 5.11 Å². The normalized spacial score (nSPS) is 14.7. The third-order valence-corrected chi connectivity index (χ3v) is 3.54. The largest absolute Gasteiger partial charge is 0.508 e. The summed E-state index contributed by atoms with van der Waals surface area (Å²) in [5.41, 5.74) is 1.33. The Hall–Kier alpha value is -0.980. The van der Waals surface area contributed by atoms with Gasteiger partial charge in [-0.1, -0.05) is 45.7 Å². The Morgan fingerprint density at radius 1 is 1.00 bits per heavy atom. The molecule has 2 unspecified atom stereocenters. The Morgan fingerprint density at radius 3 is 2.12 bits per heavy atom. The summed E-state index contributed by atoms with van der Waals surface area (Å²) in [7, 11) is 0. The van der Waals surface area contributed by atoms with Gasteiger partial charge in [0.1, 0.15) is 5.75 Å². The van der Waals surface area contributed by atoms with E-state index in [2.05, 4.69) is 20.8 Å². The average molecular weight is 220 g/mol. The van der Waals surface area contributed by atoms with E-state index in [1.807, 2.05) is 12.1 Å². The summed E-state index contributed by atoms with van der Waals surface area (Å²) in [6, 6.07) is 7.59. The maximum Gasteiger partial charge on any atom is 0.115 e. The van der Waals surface area contributed by atoms with Gasteiger partial charge in [-0.15, -0.1) is 0 Å². The van der Waals surface area contributed by atoms with Crippen LogP contribution < -0.4 is 0 Å². The van der Waals surface area contributed by atoms with Gasteiger partial charge >= 0.3 is 0 Å². The van der Waals surface area contributed by atoms with Crippen LogP contribution >= 0.6 is 0 Å². The van der Waals surface area contributed by atoms with Crippen molar-refractivity contribution in [3.63, 3.8) is 0 Å². The number of rotatable bonds is 6. The maximum absolute atomic E-state index is 9.19. The molecule has 2 atom stereocenters. The van der Waals surface area contributed by atoms with Gasteiger partial charge in [0.2, 0.25) is 0 Å². The predicted octanol–water partition coefficient (Wildman–Crippen LogP) is 4.40. The summed E-state index contributed by atoms with van der Waals surface area (Å²) < 4.78 is 0. The van der Waals surface area contributed by atoms with Crippen molar-refractivity contribution in [2.24, 2.45) is 11.8 Å². The third-order valence-electron chi connectivity index (χ3n) is 3.54. The van der Waals surface area contributed by atoms with Crippen LogP contribution in [0.2, 0.25) is 0 Å². The Balaban J connectivity index is 2.36. The van der Waals surface area contributed by atoms with E-state index in [0.717, 1.165) is 18.3 Å². The molecule has 0 saturated carbocycles. The lowest BCUT2D eigenvalue weighted by molar-refractivity contribution is 0.341. The lowest BCUT2D eigenvalue weighted by Gasteiger charge is -2.19. The van der Waals surface area contributed by atoms with E-state index >= 15 is 0 Å². The molecule has 0 heterocycles. The van der Waals surface area contributed by atoms with Crippen LogP contribution in [-0.2, 0) is 6.42 Å². The summed E-state index contributed by atoms with van der Waals surface area (Å²) in [4.78, 5) is 0. The smallest absolute Gasteiger partial charge is 0.115 e. The summed E-state index contributed by atoms with van der Waals surface area (Å²) in [5, 5.41) is 9.19. The van der Waals surface area contributed by atoms with Gasteiger partial charge in [0.15, 0.2) is 0 Å². The standard InChI is InChI=1S/C15H24O/c1-4-5-12(2)13(3)6-7-14-8-10-15(16)11-9-14/h8-13,16H,4-7H2,1-3H3. The quantitative estimate of drug-likeness (QED) is 0.753. The zero-order valence-electron chi connectivity index (χ0n) is 10.7. The highest BCUT2D eigenvalue weighted by Gasteiger charge is 2.10. The summed E-state index contributed by atoms with van der Waals surface area (Å²) in [5.74, 6) is 1.96. The molecule has 0 fully saturated rings. The lowest BCUT2D eigenvalue weighted by atomic mass is 9.87. The second kappa shape index (κ2) is 6.57. The Kier molecular flexibility index (Phi) is 5.37. The summed E-state index contributed by atoms with van der Waals surface area (Å²) >= 11 is 0. The molecule has 0 aliphatic heterocycles. The van der Waals surface area contributed by atoms with Crippen LogP contribution in [0, 0.1) is 11.8 Å². The molecule has 0 aliphatic carbocycles. The first kappa shape index (κ1) is 13.1. The fraction of sp³-hybridized carbons (Fsp3) is 0.600. The number of aromatic hydroxyl groups is 1. The van der Waals surface area contributed by atoms with E-state index < -0.39 is 0 Å². The van der Waals surface area contributed by atoms with E-state index in [-0.39, 0.29) is 0 Å². The molecule has 0 bridgehead atoms. The predicted molar refractivity (Wildman–Crippen MR) is 69.7 cm³/mol. The second-order valence-electron chi connectivity index (χ2n) is 4.95. The molecular weight excluding hydrogens is 196 g/mol. The second-order valence-corrected chi connectivity index (χ2v) is 4.95. The molecule has 1 rings (SSSR count). The molecule has 1 aromatic rings. The summed E-state index contributed by atoms with van der Waals surface area (Å²) in [6.45, 7) is 6.95. The van der Waals surface area contributed by atoms with Gasteiger partial charge in [0.25, 0.3) is 0 Å². The first-order valence-corrected chi connectivity index (χ1v) is 6.41. The van der Waals surface area contributed by atoms with Crippen molar-refractivity contribution in [2.75, 3.05) is 0 Å². The van der Waals surface area contributed by atoms with E-state index in [1.165, 1.54) is 24.8 Å². The van der Waals surface area contributed by atoms with E-state index in [4.69, 9.17) is 0 Å². The molecule has 0 aromatic heterocycles. The van der Waals surface area contributed by atoms with Gasteiger partial charge in [0, 0.05) is 0 Å². The molecule has 1 aromatic carbocycles. The molecule has 1 heteroatoms. The van der Waals surface area contributed by atoms with Gasteiger partial charge in [-0.2, -0.15) is 0 Å². The number of hydrogen-bond donors (Lipinski definition) is 1. The van der Waals surface area contributed by atoms with Crippen molar-refractivity contribution in [1.29, 1.82) is 0 Å². The van der Waals surface area contributed by atoms with Crippen LogP contribution in [0.3, 0.4) is 0 Å². The first-order valence-electron chi connectivity index (χ1n) is 6.41. The van der Waals surface area contributed by atoms with Crippen molar-refractivity contribution in [3.05, 3.63) is 29.8 Å². The highest BCUT2D eigenvalue weighted by Crippen LogP contribution is 2.22. The average Bonchev–Trinajstić information content (AvgIpc) is 2.28. The lowest BCUT2D eigenvalue weighted by Crippen LogP contribution is -2.08. The van der Waals surface area contributed by atoms with Gasteiger partial charge in [0.05, 0.1) is 0 Å². The molecule has 0 saturated heterocycles. The Labute approximate surface area is 99.5 Å². The van der Waals surface area contributed by atoms with Crippen LogP contribution in [0.5, 0.6) is 5.75 Å². The first-order chi connectivity index (χ1) is 7.63. The summed E-state index contributed by atoms with van der Waals surface area (Å²) in [6.07, 6.45) is 4.98. The molecule has 0 radical (unpaired) electrons. The SMILES string of the molecule is CCCC(C)C(C)CCc1ccc(O)cc1. The Bertz CT molecular complexity index is 289. The van der Waals surface area contributed by atoms with E-state index in [9.17, 15) is 5.11 Å². The van der Waals surface area contributed by atoms with Gasteiger partial charge in [-0.05, 0) is 42.4 Å². The van der Waals surface area contributed by atoms with Crippen LogP contribution in [0.25, 0.3) is 0 Å². The molecule has 1 N–H and O–H groups in total. The fourth-order valence-corrected chi connectivity index (χ4v) is 2.08. The molecule has 90 valence electrons. The molecule has 0 spiro atoms. The minimum atomic E-state index is 0.358. The van der Waals surface area contributed by atoms with Crippen molar-refractivity contribution in [1.82, 2.24) is 0 Å². The number of aryl methyl sites for hydroxylation is 1. The minimum Gasteiger partial charge on any atom is -0.508 e. The van der Waals surface area contributed by atoms with Crippen LogP contribution in [-0.4, -0.2) is 5.11 Å². The molecule has 0 amide bonds. The topological polar surface area (TPSA) is 20.2 Å². The van der Waals surface area contributed by atoms with Gasteiger partial charge in [-0.25, -0.2) is 0 Å². The minimum absolute atomic E-state index is 0.358. The number of benzene rings is 1. The number of phenolic OH excluding ortho intramolecular Hbond substituents is 1. The maximum atomic E-state index is 9.19. The van der Waals surface area contributed by atoms with Crippen LogP contribution in [0.4, 0.5) is 0 Å². The molecule has 16 heavy (non-hydrogen) atoms. The van der Waals surface area contributed by atoms with Crippen molar-refractivity contribution >= 4 is 0 Å². The highest BCUT2D eigenvalue weighted by molar-refractivity contribution is 5.25.